The Balaban J connectivity index is 2.11. The molecule has 110 valence electrons. The third kappa shape index (κ3) is 3.92. The minimum absolute atomic E-state index is 0.117. The molecule has 0 saturated heterocycles. The van der Waals surface area contributed by atoms with Gasteiger partial charge in [0.1, 0.15) is 0 Å². The maximum Gasteiger partial charge on any atom is 0.251 e. The summed E-state index contributed by atoms with van der Waals surface area (Å²) in [4.78, 5) is 12.3. The van der Waals surface area contributed by atoms with Crippen LogP contribution < -0.4 is 5.32 Å². The van der Waals surface area contributed by atoms with Crippen molar-refractivity contribution in [2.75, 3.05) is 6.26 Å². The summed E-state index contributed by atoms with van der Waals surface area (Å²) in [6.45, 7) is 1.90. The van der Waals surface area contributed by atoms with Crippen LogP contribution in [0.1, 0.15) is 28.9 Å². The topological polar surface area (TPSA) is 63.2 Å². The van der Waals surface area contributed by atoms with Crippen LogP contribution in [-0.4, -0.2) is 20.6 Å². The minimum atomic E-state index is -3.24. The van der Waals surface area contributed by atoms with Crippen molar-refractivity contribution in [2.45, 2.75) is 17.9 Å². The molecule has 1 N–H and O–H groups in total. The van der Waals surface area contributed by atoms with E-state index in [4.69, 9.17) is 0 Å². The Hall–Kier alpha value is -2.14. The molecular formula is C16H17NO3S. The van der Waals surface area contributed by atoms with Crippen molar-refractivity contribution in [1.29, 1.82) is 0 Å². The summed E-state index contributed by atoms with van der Waals surface area (Å²) in [6.07, 6.45) is 1.14. The fourth-order valence-corrected chi connectivity index (χ4v) is 2.59. The molecule has 21 heavy (non-hydrogen) atoms. The van der Waals surface area contributed by atoms with Gasteiger partial charge in [-0.15, -0.1) is 0 Å². The van der Waals surface area contributed by atoms with E-state index in [2.05, 4.69) is 5.32 Å². The van der Waals surface area contributed by atoms with E-state index >= 15 is 0 Å². The zero-order valence-corrected chi connectivity index (χ0v) is 12.7. The second-order valence-corrected chi connectivity index (χ2v) is 6.92. The van der Waals surface area contributed by atoms with E-state index in [0.29, 0.717) is 5.56 Å². The van der Waals surface area contributed by atoms with Gasteiger partial charge in [0, 0.05) is 11.8 Å². The molecule has 2 aromatic rings. The third-order valence-electron chi connectivity index (χ3n) is 3.19. The van der Waals surface area contributed by atoms with Crippen LogP contribution in [0.5, 0.6) is 0 Å². The van der Waals surface area contributed by atoms with Gasteiger partial charge in [-0.25, -0.2) is 8.42 Å². The molecule has 1 amide bonds. The monoisotopic (exact) mass is 303 g/mol. The summed E-state index contributed by atoms with van der Waals surface area (Å²) in [7, 11) is -3.24. The fraction of sp³-hybridized carbons (Fsp3) is 0.188. The van der Waals surface area contributed by atoms with Crippen LogP contribution in [0.3, 0.4) is 0 Å². The molecular weight excluding hydrogens is 286 g/mol. The van der Waals surface area contributed by atoms with Gasteiger partial charge in [0.2, 0.25) is 0 Å². The molecule has 5 heteroatoms. The number of nitrogens with one attached hydrogen (secondary N) is 1. The number of carbonyl (C=O) groups is 1. The molecule has 1 unspecified atom stereocenters. The van der Waals surface area contributed by atoms with E-state index in [1.807, 2.05) is 37.3 Å². The van der Waals surface area contributed by atoms with Crippen LogP contribution in [0.15, 0.2) is 59.5 Å². The highest BCUT2D eigenvalue weighted by Gasteiger charge is 2.12. The second kappa shape index (κ2) is 6.10. The van der Waals surface area contributed by atoms with Gasteiger partial charge in [0.15, 0.2) is 9.84 Å². The first-order valence-corrected chi connectivity index (χ1v) is 8.43. The molecule has 0 heterocycles. The average molecular weight is 303 g/mol. The van der Waals surface area contributed by atoms with Crippen LogP contribution in [0.25, 0.3) is 0 Å². The third-order valence-corrected chi connectivity index (χ3v) is 4.32. The Morgan fingerprint density at radius 2 is 1.57 bits per heavy atom. The molecule has 0 spiro atoms. The Kier molecular flexibility index (Phi) is 4.43. The zero-order chi connectivity index (χ0) is 15.5. The van der Waals surface area contributed by atoms with Crippen molar-refractivity contribution in [3.63, 3.8) is 0 Å². The lowest BCUT2D eigenvalue weighted by Gasteiger charge is -2.14. The molecule has 0 aliphatic rings. The van der Waals surface area contributed by atoms with E-state index in [0.717, 1.165) is 11.8 Å². The van der Waals surface area contributed by atoms with Crippen molar-refractivity contribution in [2.24, 2.45) is 0 Å². The minimum Gasteiger partial charge on any atom is -0.346 e. The molecule has 1 atom stereocenters. The summed E-state index contributed by atoms with van der Waals surface area (Å²) < 4.78 is 22.8. The highest BCUT2D eigenvalue weighted by molar-refractivity contribution is 7.90. The molecule has 2 aromatic carbocycles. The summed E-state index contributed by atoms with van der Waals surface area (Å²) in [5, 5.41) is 2.88. The van der Waals surface area contributed by atoms with Crippen molar-refractivity contribution in [1.82, 2.24) is 5.32 Å². The summed E-state index contributed by atoms with van der Waals surface area (Å²) in [6, 6.07) is 15.4. The molecule has 0 bridgehead atoms. The number of benzene rings is 2. The smallest absolute Gasteiger partial charge is 0.251 e. The molecule has 0 fully saturated rings. The fourth-order valence-electron chi connectivity index (χ4n) is 1.96. The lowest BCUT2D eigenvalue weighted by molar-refractivity contribution is 0.0940. The summed E-state index contributed by atoms with van der Waals surface area (Å²) in [5.41, 5.74) is 1.45. The number of carbonyl (C=O) groups excluding carboxylic acids is 1. The average Bonchev–Trinajstić information content (AvgIpc) is 2.47. The molecule has 4 nitrogen and oxygen atoms in total. The number of sulfone groups is 1. The van der Waals surface area contributed by atoms with Crippen molar-refractivity contribution in [3.05, 3.63) is 65.7 Å². The van der Waals surface area contributed by atoms with Crippen LogP contribution in [0, 0.1) is 0 Å². The van der Waals surface area contributed by atoms with Gasteiger partial charge in [-0.3, -0.25) is 4.79 Å². The Bertz CT molecular complexity index is 722. The molecule has 2 rings (SSSR count). The van der Waals surface area contributed by atoms with Crippen LogP contribution >= 0.6 is 0 Å². The molecule has 0 radical (unpaired) electrons. The molecule has 0 aliphatic carbocycles. The maximum atomic E-state index is 12.1. The van der Waals surface area contributed by atoms with E-state index < -0.39 is 9.84 Å². The normalized spacial score (nSPS) is 12.7. The Morgan fingerprint density at radius 1 is 1.00 bits per heavy atom. The van der Waals surface area contributed by atoms with Gasteiger partial charge < -0.3 is 5.32 Å². The van der Waals surface area contributed by atoms with E-state index in [1.54, 1.807) is 0 Å². The first-order chi connectivity index (χ1) is 9.88. The van der Waals surface area contributed by atoms with Crippen molar-refractivity contribution < 1.29 is 13.2 Å². The predicted molar refractivity (Wildman–Crippen MR) is 81.9 cm³/mol. The SMILES string of the molecule is CC(NC(=O)c1ccc(S(C)(=O)=O)cc1)c1ccccc1. The Morgan fingerprint density at radius 3 is 2.10 bits per heavy atom. The predicted octanol–water partition coefficient (Wildman–Crippen LogP) is 2.58. The van der Waals surface area contributed by atoms with Crippen LogP contribution in [-0.2, 0) is 9.84 Å². The van der Waals surface area contributed by atoms with E-state index in [9.17, 15) is 13.2 Å². The lowest BCUT2D eigenvalue weighted by atomic mass is 10.1. The van der Waals surface area contributed by atoms with Crippen LogP contribution in [0.2, 0.25) is 0 Å². The van der Waals surface area contributed by atoms with Gasteiger partial charge in [0.05, 0.1) is 10.9 Å². The summed E-state index contributed by atoms with van der Waals surface area (Å²) in [5.74, 6) is -0.230. The van der Waals surface area contributed by atoms with Gasteiger partial charge in [-0.05, 0) is 36.8 Å². The summed E-state index contributed by atoms with van der Waals surface area (Å²) >= 11 is 0. The largest absolute Gasteiger partial charge is 0.346 e. The standard InChI is InChI=1S/C16H17NO3S/c1-12(13-6-4-3-5-7-13)17-16(18)14-8-10-15(11-9-14)21(2,19)20/h3-12H,1-2H3,(H,17,18). The first-order valence-electron chi connectivity index (χ1n) is 6.54. The van der Waals surface area contributed by atoms with Gasteiger partial charge in [0.25, 0.3) is 5.91 Å². The number of amides is 1. The van der Waals surface area contributed by atoms with Gasteiger partial charge in [-0.2, -0.15) is 0 Å². The molecule has 0 aromatic heterocycles. The number of hydrogen-bond acceptors (Lipinski definition) is 3. The van der Waals surface area contributed by atoms with E-state index in [1.165, 1.54) is 24.3 Å². The van der Waals surface area contributed by atoms with Crippen LogP contribution in [0.4, 0.5) is 0 Å². The van der Waals surface area contributed by atoms with Gasteiger partial charge >= 0.3 is 0 Å². The first kappa shape index (κ1) is 15.3. The lowest BCUT2D eigenvalue weighted by Crippen LogP contribution is -2.26. The highest BCUT2D eigenvalue weighted by Crippen LogP contribution is 2.14. The molecule has 0 saturated carbocycles. The highest BCUT2D eigenvalue weighted by atomic mass is 32.2. The number of rotatable bonds is 4. The van der Waals surface area contributed by atoms with Crippen molar-refractivity contribution >= 4 is 15.7 Å². The van der Waals surface area contributed by atoms with Gasteiger partial charge in [-0.1, -0.05) is 30.3 Å². The van der Waals surface area contributed by atoms with E-state index in [-0.39, 0.29) is 16.8 Å². The second-order valence-electron chi connectivity index (χ2n) is 4.90. The number of hydrogen-bond donors (Lipinski definition) is 1. The van der Waals surface area contributed by atoms with Crippen molar-refractivity contribution in [3.8, 4) is 0 Å². The zero-order valence-electron chi connectivity index (χ0n) is 11.9. The molecule has 0 aliphatic heterocycles. The maximum absolute atomic E-state index is 12.1. The quantitative estimate of drug-likeness (QED) is 0.944. The Labute approximate surface area is 124 Å².